The van der Waals surface area contributed by atoms with Gasteiger partial charge in [-0.1, -0.05) is 6.08 Å². The predicted octanol–water partition coefficient (Wildman–Crippen LogP) is 1.95. The lowest BCUT2D eigenvalue weighted by molar-refractivity contribution is 0.0711. The molecule has 1 fully saturated rings. The number of methoxy groups -OCH3 is 1. The minimum atomic E-state index is 0.335. The number of ether oxygens (including phenoxy) is 1. The van der Waals surface area contributed by atoms with E-state index in [0.29, 0.717) is 12.1 Å². The van der Waals surface area contributed by atoms with Gasteiger partial charge in [0, 0.05) is 19.7 Å². The lowest BCUT2D eigenvalue weighted by atomic mass is 9.86. The number of rotatable bonds is 1. The first-order chi connectivity index (χ1) is 5.92. The van der Waals surface area contributed by atoms with Gasteiger partial charge >= 0.3 is 0 Å². The van der Waals surface area contributed by atoms with Gasteiger partial charge in [-0.15, -0.1) is 0 Å². The third kappa shape index (κ3) is 1.31. The molecule has 66 valence electrons. The van der Waals surface area contributed by atoms with E-state index in [2.05, 4.69) is 11.1 Å². The van der Waals surface area contributed by atoms with E-state index in [1.807, 2.05) is 6.21 Å². The molecule has 0 bridgehead atoms. The molecular formula is C10H15NO. The Morgan fingerprint density at radius 2 is 2.50 bits per heavy atom. The van der Waals surface area contributed by atoms with Crippen LogP contribution in [0.5, 0.6) is 0 Å². The van der Waals surface area contributed by atoms with Crippen LogP contribution in [0.3, 0.4) is 0 Å². The van der Waals surface area contributed by atoms with Crippen LogP contribution in [0, 0.1) is 0 Å². The molecule has 2 aliphatic rings. The Morgan fingerprint density at radius 1 is 1.58 bits per heavy atom. The standard InChI is InChI=1S/C10H15NO/c1-12-9-6-2-4-8-5-3-7-11-10(8)9/h5,7,9-10H,2-4,6H2,1H3. The van der Waals surface area contributed by atoms with Crippen molar-refractivity contribution in [3.63, 3.8) is 0 Å². The molecule has 2 heteroatoms. The van der Waals surface area contributed by atoms with E-state index in [-0.39, 0.29) is 0 Å². The molecule has 1 aliphatic carbocycles. The number of nitrogens with zero attached hydrogens (tertiary/aromatic N) is 1. The molecule has 0 aromatic heterocycles. The van der Waals surface area contributed by atoms with Gasteiger partial charge in [-0.25, -0.2) is 0 Å². The van der Waals surface area contributed by atoms with Crippen LogP contribution in [-0.4, -0.2) is 25.5 Å². The van der Waals surface area contributed by atoms with Crippen molar-refractivity contribution in [3.05, 3.63) is 11.6 Å². The molecule has 2 atom stereocenters. The second-order valence-electron chi connectivity index (χ2n) is 3.46. The molecule has 0 radical (unpaired) electrons. The average molecular weight is 165 g/mol. The quantitative estimate of drug-likeness (QED) is 0.544. The number of fused-ring (bicyclic) bond motifs is 1. The fourth-order valence-electron chi connectivity index (χ4n) is 2.09. The van der Waals surface area contributed by atoms with Gasteiger partial charge in [0.1, 0.15) is 0 Å². The smallest absolute Gasteiger partial charge is 0.0966 e. The van der Waals surface area contributed by atoms with Crippen molar-refractivity contribution in [1.82, 2.24) is 0 Å². The molecule has 0 spiro atoms. The summed E-state index contributed by atoms with van der Waals surface area (Å²) in [6, 6.07) is 0.345. The van der Waals surface area contributed by atoms with Gasteiger partial charge in [-0.3, -0.25) is 4.99 Å². The van der Waals surface area contributed by atoms with Gasteiger partial charge in [-0.05, 0) is 24.8 Å². The number of hydrogen-bond donors (Lipinski definition) is 0. The Morgan fingerprint density at radius 3 is 3.33 bits per heavy atom. The average Bonchev–Trinajstić information content (AvgIpc) is 2.17. The Balaban J connectivity index is 2.15. The largest absolute Gasteiger partial charge is 0.379 e. The van der Waals surface area contributed by atoms with Crippen molar-refractivity contribution in [3.8, 4) is 0 Å². The Kier molecular flexibility index (Phi) is 2.26. The van der Waals surface area contributed by atoms with E-state index in [1.165, 1.54) is 18.4 Å². The highest BCUT2D eigenvalue weighted by molar-refractivity contribution is 5.62. The normalized spacial score (nSPS) is 34.2. The lowest BCUT2D eigenvalue weighted by Crippen LogP contribution is -2.33. The minimum Gasteiger partial charge on any atom is -0.379 e. The third-order valence-electron chi connectivity index (χ3n) is 2.74. The van der Waals surface area contributed by atoms with E-state index in [0.717, 1.165) is 12.8 Å². The van der Waals surface area contributed by atoms with Crippen LogP contribution >= 0.6 is 0 Å². The Labute approximate surface area is 73.3 Å². The zero-order valence-corrected chi connectivity index (χ0v) is 7.49. The zero-order chi connectivity index (χ0) is 8.39. The predicted molar refractivity (Wildman–Crippen MR) is 49.6 cm³/mol. The highest BCUT2D eigenvalue weighted by Gasteiger charge is 2.28. The van der Waals surface area contributed by atoms with Crippen molar-refractivity contribution in [2.45, 2.75) is 37.8 Å². The van der Waals surface area contributed by atoms with Gasteiger partial charge in [0.15, 0.2) is 0 Å². The molecule has 12 heavy (non-hydrogen) atoms. The minimum absolute atomic E-state index is 0.335. The highest BCUT2D eigenvalue weighted by atomic mass is 16.5. The highest BCUT2D eigenvalue weighted by Crippen LogP contribution is 2.30. The van der Waals surface area contributed by atoms with Gasteiger partial charge in [0.05, 0.1) is 12.1 Å². The number of hydrogen-bond acceptors (Lipinski definition) is 2. The van der Waals surface area contributed by atoms with Crippen LogP contribution in [0.15, 0.2) is 16.6 Å². The van der Waals surface area contributed by atoms with Gasteiger partial charge in [0.2, 0.25) is 0 Å². The van der Waals surface area contributed by atoms with E-state index in [1.54, 1.807) is 7.11 Å². The number of aliphatic imine (C=N–C) groups is 1. The summed E-state index contributed by atoms with van der Waals surface area (Å²) in [7, 11) is 1.79. The van der Waals surface area contributed by atoms with Crippen LogP contribution in [0.2, 0.25) is 0 Å². The zero-order valence-electron chi connectivity index (χ0n) is 7.49. The summed E-state index contributed by atoms with van der Waals surface area (Å²) in [5.74, 6) is 0. The van der Waals surface area contributed by atoms with Crippen LogP contribution in [0.25, 0.3) is 0 Å². The summed E-state index contributed by atoms with van der Waals surface area (Å²) < 4.78 is 5.41. The lowest BCUT2D eigenvalue weighted by Gasteiger charge is -2.31. The van der Waals surface area contributed by atoms with Crippen LogP contribution in [0.1, 0.15) is 25.7 Å². The molecule has 0 aromatic rings. The fraction of sp³-hybridized carbons (Fsp3) is 0.700. The van der Waals surface area contributed by atoms with E-state index >= 15 is 0 Å². The van der Waals surface area contributed by atoms with Crippen LogP contribution in [0.4, 0.5) is 0 Å². The third-order valence-corrected chi connectivity index (χ3v) is 2.74. The summed E-state index contributed by atoms with van der Waals surface area (Å²) in [5, 5.41) is 0. The molecule has 1 aliphatic heterocycles. The molecule has 0 aromatic carbocycles. The first-order valence-electron chi connectivity index (χ1n) is 4.65. The van der Waals surface area contributed by atoms with Crippen molar-refractivity contribution in [1.29, 1.82) is 0 Å². The first kappa shape index (κ1) is 7.99. The number of allylic oxidation sites excluding steroid dienone is 1. The van der Waals surface area contributed by atoms with E-state index in [9.17, 15) is 0 Å². The first-order valence-corrected chi connectivity index (χ1v) is 4.65. The van der Waals surface area contributed by atoms with Crippen molar-refractivity contribution in [2.24, 2.45) is 4.99 Å². The van der Waals surface area contributed by atoms with Crippen LogP contribution < -0.4 is 0 Å². The Bertz CT molecular complexity index is 220. The summed E-state index contributed by atoms with van der Waals surface area (Å²) in [5.41, 5.74) is 1.50. The fourth-order valence-corrected chi connectivity index (χ4v) is 2.09. The summed E-state index contributed by atoms with van der Waals surface area (Å²) in [6.45, 7) is 0. The summed E-state index contributed by atoms with van der Waals surface area (Å²) >= 11 is 0. The van der Waals surface area contributed by atoms with E-state index < -0.39 is 0 Å². The summed E-state index contributed by atoms with van der Waals surface area (Å²) in [4.78, 5) is 4.49. The van der Waals surface area contributed by atoms with Gasteiger partial charge in [0.25, 0.3) is 0 Å². The second kappa shape index (κ2) is 3.40. The van der Waals surface area contributed by atoms with Gasteiger partial charge in [-0.2, -0.15) is 0 Å². The topological polar surface area (TPSA) is 21.6 Å². The molecule has 2 unspecified atom stereocenters. The Hall–Kier alpha value is -0.630. The van der Waals surface area contributed by atoms with Crippen molar-refractivity contribution in [2.75, 3.05) is 7.11 Å². The molecule has 2 rings (SSSR count). The summed E-state index contributed by atoms with van der Waals surface area (Å²) in [6.07, 6.45) is 9.31. The molecule has 2 nitrogen and oxygen atoms in total. The van der Waals surface area contributed by atoms with E-state index in [4.69, 9.17) is 4.74 Å². The SMILES string of the molecule is COC1CCCC2=CCC=NC21. The molecule has 1 saturated carbocycles. The van der Waals surface area contributed by atoms with Crippen molar-refractivity contribution < 1.29 is 4.74 Å². The van der Waals surface area contributed by atoms with Gasteiger partial charge < -0.3 is 4.74 Å². The molecule has 0 amide bonds. The molecule has 0 N–H and O–H groups in total. The monoisotopic (exact) mass is 165 g/mol. The second-order valence-corrected chi connectivity index (χ2v) is 3.46. The maximum absolute atomic E-state index is 5.41. The van der Waals surface area contributed by atoms with Crippen LogP contribution in [-0.2, 0) is 4.74 Å². The molecule has 0 saturated heterocycles. The molecular weight excluding hydrogens is 150 g/mol. The molecule has 1 heterocycles. The number of dihydropyridines is 1. The maximum atomic E-state index is 5.41. The van der Waals surface area contributed by atoms with Crippen molar-refractivity contribution >= 4 is 6.21 Å². The maximum Gasteiger partial charge on any atom is 0.0966 e.